The van der Waals surface area contributed by atoms with Gasteiger partial charge in [-0.15, -0.1) is 0 Å². The van der Waals surface area contributed by atoms with Gasteiger partial charge in [0.2, 0.25) is 0 Å². The van der Waals surface area contributed by atoms with Crippen molar-refractivity contribution in [3.8, 4) is 0 Å². The Morgan fingerprint density at radius 3 is 1.96 bits per heavy atom. The first-order chi connectivity index (χ1) is 13.7. The molecule has 3 rings (SSSR count). The molecule has 0 aliphatic heterocycles. The van der Waals surface area contributed by atoms with E-state index in [1.807, 2.05) is 60.7 Å². The molecule has 0 radical (unpaired) electrons. The van der Waals surface area contributed by atoms with Crippen LogP contribution in [0.1, 0.15) is 49.1 Å². The highest BCUT2D eigenvalue weighted by molar-refractivity contribution is 5.75. The summed E-state index contributed by atoms with van der Waals surface area (Å²) in [5.74, 6) is -1.17. The van der Waals surface area contributed by atoms with Crippen molar-refractivity contribution in [2.45, 2.75) is 38.0 Å². The summed E-state index contributed by atoms with van der Waals surface area (Å²) in [6.07, 6.45) is 3.37. The molecule has 0 aromatic heterocycles. The van der Waals surface area contributed by atoms with Crippen molar-refractivity contribution >= 4 is 5.97 Å². The summed E-state index contributed by atoms with van der Waals surface area (Å²) < 4.78 is 11.4. The van der Waals surface area contributed by atoms with Gasteiger partial charge >= 0.3 is 5.97 Å². The molecule has 0 spiro atoms. The Morgan fingerprint density at radius 2 is 1.46 bits per heavy atom. The van der Waals surface area contributed by atoms with E-state index in [1.54, 1.807) is 0 Å². The number of carboxylic acid groups (broad SMARTS) is 1. The van der Waals surface area contributed by atoms with E-state index in [2.05, 4.69) is 6.92 Å². The first-order valence-corrected chi connectivity index (χ1v) is 10.2. The Hall–Kier alpha value is -2.17. The number of carboxylic acids is 1. The molecule has 1 fully saturated rings. The molecular formula is C24H30O4. The number of hydrogen-bond acceptors (Lipinski definition) is 3. The number of hydrogen-bond donors (Lipinski definition) is 1. The van der Waals surface area contributed by atoms with Crippen molar-refractivity contribution in [2.75, 3.05) is 20.0 Å². The van der Waals surface area contributed by atoms with E-state index < -0.39 is 11.9 Å². The highest BCUT2D eigenvalue weighted by Crippen LogP contribution is 2.57. The van der Waals surface area contributed by atoms with E-state index >= 15 is 0 Å². The van der Waals surface area contributed by atoms with Gasteiger partial charge in [-0.1, -0.05) is 80.4 Å². The largest absolute Gasteiger partial charge is 0.481 e. The molecule has 2 aromatic carbocycles. The number of aliphatic carboxylic acids is 1. The number of unbranched alkanes of at least 4 members (excludes halogenated alkanes) is 2. The van der Waals surface area contributed by atoms with Gasteiger partial charge in [0.05, 0.1) is 12.5 Å². The SMILES string of the molecule is CCCCCOCOCC1[C@H](c2ccccc2)C(C(=O)O)[C@H]1c1ccccc1. The fraction of sp³-hybridized carbons (Fsp3) is 0.458. The normalized spacial score (nSPS) is 23.9. The molecule has 1 saturated carbocycles. The Morgan fingerprint density at radius 1 is 0.893 bits per heavy atom. The van der Waals surface area contributed by atoms with Crippen LogP contribution in [0, 0.1) is 11.8 Å². The lowest BCUT2D eigenvalue weighted by molar-refractivity contribution is -0.154. The maximum absolute atomic E-state index is 12.1. The zero-order valence-electron chi connectivity index (χ0n) is 16.5. The van der Waals surface area contributed by atoms with E-state index in [9.17, 15) is 9.90 Å². The second-order valence-corrected chi connectivity index (χ2v) is 7.50. The van der Waals surface area contributed by atoms with Crippen molar-refractivity contribution in [3.63, 3.8) is 0 Å². The molecule has 1 aliphatic carbocycles. The summed E-state index contributed by atoms with van der Waals surface area (Å²) >= 11 is 0. The summed E-state index contributed by atoms with van der Waals surface area (Å²) in [6, 6.07) is 19.9. The third-order valence-corrected chi connectivity index (χ3v) is 5.72. The van der Waals surface area contributed by atoms with Gasteiger partial charge in [-0.25, -0.2) is 0 Å². The smallest absolute Gasteiger partial charge is 0.307 e. The molecule has 1 N–H and O–H groups in total. The molecule has 2 aromatic rings. The molecule has 1 aliphatic rings. The molecule has 28 heavy (non-hydrogen) atoms. The molecule has 4 heteroatoms. The fourth-order valence-electron chi connectivity index (χ4n) is 4.36. The molecule has 4 nitrogen and oxygen atoms in total. The summed E-state index contributed by atoms with van der Waals surface area (Å²) in [6.45, 7) is 3.64. The van der Waals surface area contributed by atoms with Crippen molar-refractivity contribution in [3.05, 3.63) is 71.8 Å². The van der Waals surface area contributed by atoms with Crippen LogP contribution in [0.2, 0.25) is 0 Å². The molecular weight excluding hydrogens is 352 g/mol. The maximum atomic E-state index is 12.1. The van der Waals surface area contributed by atoms with Gasteiger partial charge < -0.3 is 14.6 Å². The lowest BCUT2D eigenvalue weighted by Gasteiger charge is -2.50. The van der Waals surface area contributed by atoms with E-state index in [0.29, 0.717) is 13.2 Å². The molecule has 0 saturated heterocycles. The van der Waals surface area contributed by atoms with Crippen LogP contribution in [0.15, 0.2) is 60.7 Å². The third kappa shape index (κ3) is 4.81. The topological polar surface area (TPSA) is 55.8 Å². The summed E-state index contributed by atoms with van der Waals surface area (Å²) in [5, 5.41) is 9.94. The maximum Gasteiger partial charge on any atom is 0.307 e. The Labute approximate surface area is 167 Å². The predicted octanol–water partition coefficient (Wildman–Crippen LogP) is 5.07. The summed E-state index contributed by atoms with van der Waals surface area (Å²) in [5.41, 5.74) is 2.14. The lowest BCUT2D eigenvalue weighted by Crippen LogP contribution is -2.49. The average Bonchev–Trinajstić information content (AvgIpc) is 2.70. The van der Waals surface area contributed by atoms with Crippen molar-refractivity contribution in [2.24, 2.45) is 11.8 Å². The Bertz CT molecular complexity index is 668. The van der Waals surface area contributed by atoms with Crippen LogP contribution in [0.3, 0.4) is 0 Å². The van der Waals surface area contributed by atoms with E-state index in [4.69, 9.17) is 9.47 Å². The first kappa shape index (κ1) is 20.6. The van der Waals surface area contributed by atoms with Crippen LogP contribution in [-0.2, 0) is 14.3 Å². The fourth-order valence-corrected chi connectivity index (χ4v) is 4.36. The monoisotopic (exact) mass is 382 g/mol. The number of benzene rings is 2. The van der Waals surface area contributed by atoms with Crippen LogP contribution >= 0.6 is 0 Å². The van der Waals surface area contributed by atoms with Gasteiger partial charge in [-0.3, -0.25) is 4.79 Å². The van der Waals surface area contributed by atoms with Crippen LogP contribution in [0.5, 0.6) is 0 Å². The van der Waals surface area contributed by atoms with Gasteiger partial charge in [-0.05, 0) is 23.5 Å². The predicted molar refractivity (Wildman–Crippen MR) is 109 cm³/mol. The molecule has 0 bridgehead atoms. The lowest BCUT2D eigenvalue weighted by atomic mass is 9.53. The molecule has 0 unspecified atom stereocenters. The van der Waals surface area contributed by atoms with E-state index in [-0.39, 0.29) is 24.5 Å². The number of ether oxygens (including phenoxy) is 2. The van der Waals surface area contributed by atoms with Crippen LogP contribution in [-0.4, -0.2) is 31.1 Å². The zero-order valence-corrected chi connectivity index (χ0v) is 16.5. The molecule has 0 heterocycles. The van der Waals surface area contributed by atoms with Gasteiger partial charge in [0, 0.05) is 18.4 Å². The zero-order chi connectivity index (χ0) is 19.8. The standard InChI is InChI=1S/C24H30O4/c1-2-3-10-15-27-17-28-16-20-21(18-11-6-4-7-12-18)23(24(25)26)22(20)19-13-8-5-9-14-19/h4-9,11-14,20-23H,2-3,10,15-17H2,1H3,(H,25,26)/t20?,21-,22-,23?/m0/s1. The summed E-state index contributed by atoms with van der Waals surface area (Å²) in [4.78, 5) is 12.1. The number of rotatable bonds is 11. The second kappa shape index (κ2) is 10.4. The Kier molecular flexibility index (Phi) is 7.63. The van der Waals surface area contributed by atoms with E-state index in [1.165, 1.54) is 6.42 Å². The number of carbonyl (C=O) groups is 1. The molecule has 2 atom stereocenters. The average molecular weight is 383 g/mol. The van der Waals surface area contributed by atoms with Crippen LogP contribution < -0.4 is 0 Å². The summed E-state index contributed by atoms with van der Waals surface area (Å²) in [7, 11) is 0. The van der Waals surface area contributed by atoms with Gasteiger partial charge in [0.25, 0.3) is 0 Å². The second-order valence-electron chi connectivity index (χ2n) is 7.50. The van der Waals surface area contributed by atoms with E-state index in [0.717, 1.165) is 24.0 Å². The van der Waals surface area contributed by atoms with Crippen molar-refractivity contribution in [1.82, 2.24) is 0 Å². The first-order valence-electron chi connectivity index (χ1n) is 10.2. The van der Waals surface area contributed by atoms with Gasteiger partial charge in [0.15, 0.2) is 0 Å². The van der Waals surface area contributed by atoms with Crippen LogP contribution in [0.25, 0.3) is 0 Å². The quantitative estimate of drug-likeness (QED) is 0.436. The Balaban J connectivity index is 1.71. The minimum absolute atomic E-state index is 0.0519. The highest BCUT2D eigenvalue weighted by atomic mass is 16.7. The van der Waals surface area contributed by atoms with Crippen molar-refractivity contribution < 1.29 is 19.4 Å². The third-order valence-electron chi connectivity index (χ3n) is 5.72. The van der Waals surface area contributed by atoms with Gasteiger partial charge in [0.1, 0.15) is 6.79 Å². The molecule has 0 amide bonds. The molecule has 150 valence electrons. The van der Waals surface area contributed by atoms with Crippen LogP contribution in [0.4, 0.5) is 0 Å². The van der Waals surface area contributed by atoms with Crippen molar-refractivity contribution in [1.29, 1.82) is 0 Å². The highest BCUT2D eigenvalue weighted by Gasteiger charge is 2.55. The minimum atomic E-state index is -0.741. The minimum Gasteiger partial charge on any atom is -0.481 e. The van der Waals surface area contributed by atoms with Gasteiger partial charge in [-0.2, -0.15) is 0 Å².